The molecule has 0 saturated carbocycles. The van der Waals surface area contributed by atoms with E-state index in [0.717, 1.165) is 11.3 Å². The molecule has 4 nitrogen and oxygen atoms in total. The molecule has 0 saturated heterocycles. The summed E-state index contributed by atoms with van der Waals surface area (Å²) >= 11 is 0. The summed E-state index contributed by atoms with van der Waals surface area (Å²) in [5, 5.41) is 21.0. The number of anilines is 1. The highest BCUT2D eigenvalue weighted by molar-refractivity contribution is 5.46. The molecule has 1 N–H and O–H groups in total. The number of hydrogen-bond donors (Lipinski definition) is 1. The SMILES string of the molecule is Cc1cc(C#N)cc(NC(C)c2ccc(C#N)cc2)n1. The number of aromatic nitrogens is 1. The maximum Gasteiger partial charge on any atom is 0.127 e. The maximum absolute atomic E-state index is 8.96. The summed E-state index contributed by atoms with van der Waals surface area (Å²) in [6.07, 6.45) is 0. The van der Waals surface area contributed by atoms with Gasteiger partial charge in [-0.05, 0) is 43.7 Å². The number of aryl methyl sites for hydroxylation is 1. The summed E-state index contributed by atoms with van der Waals surface area (Å²) in [5.74, 6) is 0.679. The normalized spacial score (nSPS) is 11.2. The predicted molar refractivity (Wildman–Crippen MR) is 76.9 cm³/mol. The van der Waals surface area contributed by atoms with Crippen LogP contribution in [0.4, 0.5) is 5.82 Å². The Morgan fingerprint density at radius 3 is 2.30 bits per heavy atom. The van der Waals surface area contributed by atoms with Crippen molar-refractivity contribution in [1.82, 2.24) is 4.98 Å². The standard InChI is InChI=1S/C16H14N4/c1-11-7-14(10-18)8-16(19-11)20-12(2)15-5-3-13(9-17)4-6-15/h3-8,12H,1-2H3,(H,19,20). The molecule has 20 heavy (non-hydrogen) atoms. The van der Waals surface area contributed by atoms with Gasteiger partial charge in [0.2, 0.25) is 0 Å². The molecule has 2 rings (SSSR count). The number of nitrogens with one attached hydrogen (secondary N) is 1. The highest BCUT2D eigenvalue weighted by Crippen LogP contribution is 2.19. The van der Waals surface area contributed by atoms with E-state index in [0.29, 0.717) is 16.9 Å². The first-order chi connectivity index (χ1) is 9.62. The second-order valence-electron chi connectivity index (χ2n) is 4.59. The van der Waals surface area contributed by atoms with Crippen LogP contribution in [0.25, 0.3) is 0 Å². The number of rotatable bonds is 3. The lowest BCUT2D eigenvalue weighted by Crippen LogP contribution is -2.08. The third-order valence-corrected chi connectivity index (χ3v) is 2.99. The van der Waals surface area contributed by atoms with Gasteiger partial charge in [0.25, 0.3) is 0 Å². The Bertz CT molecular complexity index is 690. The van der Waals surface area contributed by atoms with Crippen LogP contribution in [-0.4, -0.2) is 4.98 Å². The highest BCUT2D eigenvalue weighted by atomic mass is 15.0. The molecule has 1 heterocycles. The van der Waals surface area contributed by atoms with Gasteiger partial charge < -0.3 is 5.32 Å². The van der Waals surface area contributed by atoms with E-state index in [1.54, 1.807) is 24.3 Å². The van der Waals surface area contributed by atoms with Crippen molar-refractivity contribution in [3.63, 3.8) is 0 Å². The molecule has 0 aliphatic rings. The van der Waals surface area contributed by atoms with Crippen molar-refractivity contribution < 1.29 is 0 Å². The van der Waals surface area contributed by atoms with E-state index in [9.17, 15) is 0 Å². The Hall–Kier alpha value is -2.85. The van der Waals surface area contributed by atoms with Crippen LogP contribution < -0.4 is 5.32 Å². The van der Waals surface area contributed by atoms with Crippen LogP contribution in [0, 0.1) is 29.6 Å². The molecule has 1 aromatic heterocycles. The van der Waals surface area contributed by atoms with Crippen LogP contribution in [0.5, 0.6) is 0 Å². The summed E-state index contributed by atoms with van der Waals surface area (Å²) < 4.78 is 0. The first kappa shape index (κ1) is 13.6. The van der Waals surface area contributed by atoms with E-state index < -0.39 is 0 Å². The molecule has 1 unspecified atom stereocenters. The zero-order valence-corrected chi connectivity index (χ0v) is 11.4. The molecule has 0 aliphatic carbocycles. The zero-order chi connectivity index (χ0) is 14.5. The van der Waals surface area contributed by atoms with Crippen molar-refractivity contribution in [2.24, 2.45) is 0 Å². The smallest absolute Gasteiger partial charge is 0.127 e. The second kappa shape index (κ2) is 5.86. The molecular weight excluding hydrogens is 248 g/mol. The summed E-state index contributed by atoms with van der Waals surface area (Å²) in [6.45, 7) is 3.87. The van der Waals surface area contributed by atoms with Gasteiger partial charge in [-0.15, -0.1) is 0 Å². The van der Waals surface area contributed by atoms with Crippen LogP contribution in [0.15, 0.2) is 36.4 Å². The lowest BCUT2D eigenvalue weighted by atomic mass is 10.1. The van der Waals surface area contributed by atoms with Crippen LogP contribution >= 0.6 is 0 Å². The van der Waals surface area contributed by atoms with Gasteiger partial charge >= 0.3 is 0 Å². The Kier molecular flexibility index (Phi) is 3.98. The van der Waals surface area contributed by atoms with Gasteiger partial charge in [-0.25, -0.2) is 4.98 Å². The number of pyridine rings is 1. The second-order valence-corrected chi connectivity index (χ2v) is 4.59. The molecule has 0 radical (unpaired) electrons. The van der Waals surface area contributed by atoms with Crippen molar-refractivity contribution in [3.8, 4) is 12.1 Å². The molecule has 4 heteroatoms. The number of benzene rings is 1. The van der Waals surface area contributed by atoms with Gasteiger partial charge in [-0.3, -0.25) is 0 Å². The van der Waals surface area contributed by atoms with Gasteiger partial charge in [0.1, 0.15) is 5.82 Å². The fraction of sp³-hybridized carbons (Fsp3) is 0.188. The van der Waals surface area contributed by atoms with Crippen LogP contribution in [0.2, 0.25) is 0 Å². The average Bonchev–Trinajstić information content (AvgIpc) is 2.46. The average molecular weight is 262 g/mol. The molecule has 0 bridgehead atoms. The van der Waals surface area contributed by atoms with Gasteiger partial charge in [0.05, 0.1) is 23.3 Å². The van der Waals surface area contributed by atoms with Gasteiger partial charge in [-0.1, -0.05) is 12.1 Å². The Morgan fingerprint density at radius 1 is 1.05 bits per heavy atom. The van der Waals surface area contributed by atoms with Crippen molar-refractivity contribution in [2.45, 2.75) is 19.9 Å². The van der Waals surface area contributed by atoms with E-state index in [1.165, 1.54) is 0 Å². The molecule has 0 spiro atoms. The molecule has 0 amide bonds. The largest absolute Gasteiger partial charge is 0.364 e. The Labute approximate surface area is 118 Å². The molecule has 2 aromatic rings. The van der Waals surface area contributed by atoms with Crippen molar-refractivity contribution in [1.29, 1.82) is 10.5 Å². The molecular formula is C16H14N4. The monoisotopic (exact) mass is 262 g/mol. The van der Waals surface area contributed by atoms with E-state index in [2.05, 4.69) is 22.4 Å². The molecule has 0 fully saturated rings. The van der Waals surface area contributed by atoms with E-state index in [4.69, 9.17) is 10.5 Å². The van der Waals surface area contributed by atoms with Crippen molar-refractivity contribution in [3.05, 3.63) is 58.8 Å². The van der Waals surface area contributed by atoms with Gasteiger partial charge in [0.15, 0.2) is 0 Å². The van der Waals surface area contributed by atoms with Crippen LogP contribution in [-0.2, 0) is 0 Å². The summed E-state index contributed by atoms with van der Waals surface area (Å²) in [4.78, 5) is 4.37. The Morgan fingerprint density at radius 2 is 1.70 bits per heavy atom. The first-order valence-corrected chi connectivity index (χ1v) is 6.28. The predicted octanol–water partition coefficient (Wildman–Crippen LogP) is 3.31. The summed E-state index contributed by atoms with van der Waals surface area (Å²) in [6, 6.07) is 15.1. The fourth-order valence-electron chi connectivity index (χ4n) is 1.96. The molecule has 1 aromatic carbocycles. The minimum Gasteiger partial charge on any atom is -0.364 e. The third-order valence-electron chi connectivity index (χ3n) is 2.99. The quantitative estimate of drug-likeness (QED) is 0.921. The van der Waals surface area contributed by atoms with Gasteiger partial charge in [0, 0.05) is 11.7 Å². The zero-order valence-electron chi connectivity index (χ0n) is 11.4. The maximum atomic E-state index is 8.96. The molecule has 0 aliphatic heterocycles. The van der Waals surface area contributed by atoms with Crippen molar-refractivity contribution in [2.75, 3.05) is 5.32 Å². The summed E-state index contributed by atoms with van der Waals surface area (Å²) in [7, 11) is 0. The van der Waals surface area contributed by atoms with Gasteiger partial charge in [-0.2, -0.15) is 10.5 Å². The third kappa shape index (κ3) is 3.13. The molecule has 98 valence electrons. The molecule has 1 atom stereocenters. The number of hydrogen-bond acceptors (Lipinski definition) is 4. The first-order valence-electron chi connectivity index (χ1n) is 6.28. The minimum absolute atomic E-state index is 0.0450. The fourth-order valence-corrected chi connectivity index (χ4v) is 1.96. The van der Waals surface area contributed by atoms with Crippen molar-refractivity contribution >= 4 is 5.82 Å². The van der Waals surface area contributed by atoms with Crippen LogP contribution in [0.1, 0.15) is 35.3 Å². The topological polar surface area (TPSA) is 72.5 Å². The highest BCUT2D eigenvalue weighted by Gasteiger charge is 2.07. The van der Waals surface area contributed by atoms with E-state index in [1.807, 2.05) is 26.0 Å². The lowest BCUT2D eigenvalue weighted by Gasteiger charge is -2.15. The van der Waals surface area contributed by atoms with E-state index >= 15 is 0 Å². The minimum atomic E-state index is 0.0450. The number of nitriles is 2. The Balaban J connectivity index is 2.19. The lowest BCUT2D eigenvalue weighted by molar-refractivity contribution is 0.872. The summed E-state index contributed by atoms with van der Waals surface area (Å²) in [5.41, 5.74) is 3.10. The number of nitrogens with zero attached hydrogens (tertiary/aromatic N) is 3. The van der Waals surface area contributed by atoms with Crippen LogP contribution in [0.3, 0.4) is 0 Å². The van der Waals surface area contributed by atoms with E-state index in [-0.39, 0.29) is 6.04 Å².